The molecule has 0 radical (unpaired) electrons. The minimum atomic E-state index is 0.0614. The quantitative estimate of drug-likeness (QED) is 0.628. The summed E-state index contributed by atoms with van der Waals surface area (Å²) in [7, 11) is 1.86. The van der Waals surface area contributed by atoms with Crippen LogP contribution in [0.1, 0.15) is 24.8 Å². The number of anilines is 1. The maximum absolute atomic E-state index is 12.7. The number of hydrogen-bond donors (Lipinski definition) is 1. The molecule has 29 heavy (non-hydrogen) atoms. The monoisotopic (exact) mass is 396 g/mol. The van der Waals surface area contributed by atoms with Crippen LogP contribution >= 0.6 is 0 Å². The topological polar surface area (TPSA) is 75.0 Å². The van der Waals surface area contributed by atoms with Gasteiger partial charge in [0.25, 0.3) is 0 Å². The van der Waals surface area contributed by atoms with Crippen molar-refractivity contribution in [1.82, 2.24) is 20.0 Å². The van der Waals surface area contributed by atoms with Gasteiger partial charge in [0.2, 0.25) is 5.91 Å². The van der Waals surface area contributed by atoms with Crippen LogP contribution in [0, 0.1) is 0 Å². The van der Waals surface area contributed by atoms with Gasteiger partial charge in [0.1, 0.15) is 12.3 Å². The van der Waals surface area contributed by atoms with Crippen molar-refractivity contribution in [3.63, 3.8) is 0 Å². The number of nitrogens with zero attached hydrogens (tertiary/aromatic N) is 5. The second kappa shape index (κ2) is 8.55. The summed E-state index contributed by atoms with van der Waals surface area (Å²) in [6.07, 6.45) is 4.55. The average molecular weight is 396 g/mol. The molecule has 2 aliphatic rings. The van der Waals surface area contributed by atoms with Crippen LogP contribution in [0.15, 0.2) is 41.7 Å². The minimum absolute atomic E-state index is 0.0614. The second-order valence-corrected chi connectivity index (χ2v) is 7.41. The van der Waals surface area contributed by atoms with Gasteiger partial charge in [-0.05, 0) is 25.0 Å². The molecule has 0 aliphatic carbocycles. The molecule has 2 aromatic rings. The largest absolute Gasteiger partial charge is 0.493 e. The zero-order chi connectivity index (χ0) is 20.2. The average Bonchev–Trinajstić information content (AvgIpc) is 3.17. The van der Waals surface area contributed by atoms with Crippen LogP contribution in [0.25, 0.3) is 0 Å². The number of aryl methyl sites for hydroxylation is 1. The molecule has 4 rings (SSSR count). The van der Waals surface area contributed by atoms with Gasteiger partial charge < -0.3 is 19.9 Å². The summed E-state index contributed by atoms with van der Waals surface area (Å²) in [6.45, 7) is 5.87. The first-order valence-corrected chi connectivity index (χ1v) is 10.2. The molecule has 8 heteroatoms. The second-order valence-electron chi connectivity index (χ2n) is 7.41. The maximum Gasteiger partial charge on any atom is 0.246 e. The Morgan fingerprint density at radius 1 is 1.34 bits per heavy atom. The summed E-state index contributed by atoms with van der Waals surface area (Å²) in [5.41, 5.74) is 2.06. The molecule has 1 aromatic heterocycles. The first-order valence-electron chi connectivity index (χ1n) is 10.2. The number of carbonyl (C=O) groups excluding carboxylic acids is 1. The Bertz CT molecular complexity index is 893. The van der Waals surface area contributed by atoms with Gasteiger partial charge in [-0.2, -0.15) is 5.10 Å². The highest BCUT2D eigenvalue weighted by molar-refractivity contribution is 5.98. The van der Waals surface area contributed by atoms with E-state index in [1.165, 1.54) is 5.56 Å². The zero-order valence-electron chi connectivity index (χ0n) is 17.0. The molecular weight excluding hydrogens is 368 g/mol. The molecule has 0 saturated carbocycles. The lowest BCUT2D eigenvalue weighted by molar-refractivity contribution is -0.120. The molecule has 2 aliphatic heterocycles. The highest BCUT2D eigenvalue weighted by atomic mass is 16.5. The lowest BCUT2D eigenvalue weighted by Crippen LogP contribution is -2.55. The fourth-order valence-corrected chi connectivity index (χ4v) is 3.90. The summed E-state index contributed by atoms with van der Waals surface area (Å²) >= 11 is 0. The molecule has 1 N–H and O–H groups in total. The van der Waals surface area contributed by atoms with Gasteiger partial charge in [0.05, 0.1) is 18.5 Å². The summed E-state index contributed by atoms with van der Waals surface area (Å²) in [5.74, 6) is 2.16. The van der Waals surface area contributed by atoms with Gasteiger partial charge in [0, 0.05) is 45.3 Å². The zero-order valence-corrected chi connectivity index (χ0v) is 17.0. The number of aromatic nitrogens is 2. The van der Waals surface area contributed by atoms with Gasteiger partial charge in [-0.15, -0.1) is 0 Å². The van der Waals surface area contributed by atoms with Gasteiger partial charge >= 0.3 is 0 Å². The van der Waals surface area contributed by atoms with Crippen molar-refractivity contribution in [3.05, 3.63) is 42.2 Å². The van der Waals surface area contributed by atoms with E-state index in [0.29, 0.717) is 25.6 Å². The fourth-order valence-electron chi connectivity index (χ4n) is 3.90. The molecule has 3 heterocycles. The predicted molar refractivity (Wildman–Crippen MR) is 112 cm³/mol. The molecule has 1 atom stereocenters. The van der Waals surface area contributed by atoms with Gasteiger partial charge in [-0.1, -0.05) is 18.2 Å². The third kappa shape index (κ3) is 4.21. The van der Waals surface area contributed by atoms with Crippen LogP contribution in [0.3, 0.4) is 0 Å². The van der Waals surface area contributed by atoms with Crippen molar-refractivity contribution in [1.29, 1.82) is 0 Å². The van der Waals surface area contributed by atoms with Crippen molar-refractivity contribution < 1.29 is 9.53 Å². The Morgan fingerprint density at radius 2 is 2.21 bits per heavy atom. The van der Waals surface area contributed by atoms with Crippen LogP contribution in [0.2, 0.25) is 0 Å². The summed E-state index contributed by atoms with van der Waals surface area (Å²) in [6, 6.07) is 8.19. The first-order chi connectivity index (χ1) is 14.2. The third-order valence-electron chi connectivity index (χ3n) is 5.40. The number of nitrogens with one attached hydrogen (secondary N) is 1. The summed E-state index contributed by atoms with van der Waals surface area (Å²) in [5, 5.41) is 7.52. The smallest absolute Gasteiger partial charge is 0.246 e. The lowest BCUT2D eigenvalue weighted by atomic mass is 9.93. The highest BCUT2D eigenvalue weighted by Gasteiger charge is 2.28. The standard InChI is InChI=1S/C21H28N6O2/c1-3-22-21(23-12-16-8-11-29-19-7-5-4-6-18(16)19)26-9-10-27(20(28)15-26)17-13-24-25(2)14-17/h4-7,13-14,16H,3,8-12,15H2,1-2H3,(H,22,23). The molecule has 1 aromatic carbocycles. The van der Waals surface area contributed by atoms with Crippen molar-refractivity contribution in [3.8, 4) is 5.75 Å². The number of piperazine rings is 1. The number of para-hydroxylation sites is 1. The van der Waals surface area contributed by atoms with E-state index in [1.807, 2.05) is 43.3 Å². The maximum atomic E-state index is 12.7. The van der Waals surface area contributed by atoms with Crippen LogP contribution in [0.4, 0.5) is 5.69 Å². The number of guanidine groups is 1. The molecule has 154 valence electrons. The normalized spacial score (nSPS) is 19.7. The number of ether oxygens (including phenoxy) is 1. The van der Waals surface area contributed by atoms with E-state index in [4.69, 9.17) is 9.73 Å². The summed E-state index contributed by atoms with van der Waals surface area (Å²) in [4.78, 5) is 21.5. The fraction of sp³-hybridized carbons (Fsp3) is 0.476. The molecule has 1 fully saturated rings. The van der Waals surface area contributed by atoms with E-state index in [9.17, 15) is 4.79 Å². The summed E-state index contributed by atoms with van der Waals surface area (Å²) < 4.78 is 7.48. The van der Waals surface area contributed by atoms with E-state index in [0.717, 1.165) is 43.5 Å². The predicted octanol–water partition coefficient (Wildman–Crippen LogP) is 1.60. The van der Waals surface area contributed by atoms with E-state index in [1.54, 1.807) is 15.8 Å². The molecule has 0 spiro atoms. The number of amides is 1. The Morgan fingerprint density at radius 3 is 2.97 bits per heavy atom. The molecule has 1 saturated heterocycles. The number of fused-ring (bicyclic) bond motifs is 1. The first kappa shape index (κ1) is 19.3. The minimum Gasteiger partial charge on any atom is -0.493 e. The number of aliphatic imine (C=N–C) groups is 1. The van der Waals surface area contributed by atoms with Gasteiger partial charge in [0.15, 0.2) is 5.96 Å². The number of carbonyl (C=O) groups is 1. The van der Waals surface area contributed by atoms with Crippen LogP contribution in [-0.4, -0.2) is 65.9 Å². The number of hydrogen-bond acceptors (Lipinski definition) is 4. The lowest BCUT2D eigenvalue weighted by Gasteiger charge is -2.35. The van der Waals surface area contributed by atoms with Crippen molar-refractivity contribution in [2.75, 3.05) is 44.2 Å². The van der Waals surface area contributed by atoms with Crippen molar-refractivity contribution in [2.45, 2.75) is 19.3 Å². The van der Waals surface area contributed by atoms with Crippen LogP contribution < -0.4 is 15.0 Å². The van der Waals surface area contributed by atoms with E-state index in [2.05, 4.69) is 16.5 Å². The third-order valence-corrected chi connectivity index (χ3v) is 5.40. The van der Waals surface area contributed by atoms with Crippen molar-refractivity contribution >= 4 is 17.6 Å². The highest BCUT2D eigenvalue weighted by Crippen LogP contribution is 2.33. The Balaban J connectivity index is 1.45. The number of rotatable bonds is 4. The Hall–Kier alpha value is -3.03. The molecule has 8 nitrogen and oxygen atoms in total. The van der Waals surface area contributed by atoms with Gasteiger partial charge in [-0.25, -0.2) is 0 Å². The van der Waals surface area contributed by atoms with Crippen LogP contribution in [0.5, 0.6) is 5.75 Å². The molecule has 1 unspecified atom stereocenters. The molecule has 0 bridgehead atoms. The van der Waals surface area contributed by atoms with Crippen molar-refractivity contribution in [2.24, 2.45) is 12.0 Å². The van der Waals surface area contributed by atoms with E-state index < -0.39 is 0 Å². The molecule has 1 amide bonds. The van der Waals surface area contributed by atoms with E-state index >= 15 is 0 Å². The SMILES string of the molecule is CCNC(=NCC1CCOc2ccccc21)N1CCN(c2cnn(C)c2)C(=O)C1. The Labute approximate surface area is 171 Å². The van der Waals surface area contributed by atoms with E-state index in [-0.39, 0.29) is 5.91 Å². The van der Waals surface area contributed by atoms with Crippen LogP contribution in [-0.2, 0) is 11.8 Å². The molecular formula is C21H28N6O2. The number of benzene rings is 1. The Kier molecular flexibility index (Phi) is 5.69. The van der Waals surface area contributed by atoms with Gasteiger partial charge in [-0.3, -0.25) is 14.5 Å².